The van der Waals surface area contributed by atoms with Crippen molar-refractivity contribution in [2.45, 2.75) is 19.4 Å². The number of ether oxygens (including phenoxy) is 1. The van der Waals surface area contributed by atoms with E-state index in [0.717, 1.165) is 0 Å². The lowest BCUT2D eigenvalue weighted by Crippen LogP contribution is -2.33. The van der Waals surface area contributed by atoms with Crippen LogP contribution < -0.4 is 4.74 Å². The van der Waals surface area contributed by atoms with Gasteiger partial charge in [0.15, 0.2) is 0 Å². The van der Waals surface area contributed by atoms with Gasteiger partial charge in [0.1, 0.15) is 11.4 Å². The number of hydrogen-bond acceptors (Lipinski definition) is 4. The standard InChI is InChI=1S/C14H16N2O4/c1-14(2)8-11(13(17)15(3)4)10-7-9(16(18)19)5-6-12(10)20-14/h5-8H,1-4H3. The number of nitrogens with zero attached hydrogens (tertiary/aromatic N) is 2. The summed E-state index contributed by atoms with van der Waals surface area (Å²) in [6.45, 7) is 3.67. The Balaban J connectivity index is 2.61. The molecule has 0 saturated carbocycles. The first-order valence-electron chi connectivity index (χ1n) is 6.13. The number of non-ortho nitro benzene ring substituents is 1. The highest BCUT2D eigenvalue weighted by atomic mass is 16.6. The van der Waals surface area contributed by atoms with E-state index in [1.807, 2.05) is 13.8 Å². The maximum atomic E-state index is 12.3. The number of carbonyl (C=O) groups is 1. The maximum absolute atomic E-state index is 12.3. The fourth-order valence-electron chi connectivity index (χ4n) is 2.09. The predicted octanol–water partition coefficient (Wildman–Crippen LogP) is 2.24. The molecule has 106 valence electrons. The molecule has 1 aromatic carbocycles. The van der Waals surface area contributed by atoms with Crippen LogP contribution in [0.5, 0.6) is 5.75 Å². The molecular formula is C14H16N2O4. The molecule has 6 nitrogen and oxygen atoms in total. The summed E-state index contributed by atoms with van der Waals surface area (Å²) >= 11 is 0. The summed E-state index contributed by atoms with van der Waals surface area (Å²) in [5, 5.41) is 10.9. The smallest absolute Gasteiger partial charge is 0.270 e. The number of rotatable bonds is 2. The fourth-order valence-corrected chi connectivity index (χ4v) is 2.09. The molecule has 1 aromatic rings. The number of benzene rings is 1. The molecule has 0 fully saturated rings. The van der Waals surface area contributed by atoms with Gasteiger partial charge in [-0.1, -0.05) is 0 Å². The van der Waals surface area contributed by atoms with Gasteiger partial charge in [0.2, 0.25) is 0 Å². The molecule has 0 atom stereocenters. The van der Waals surface area contributed by atoms with Crippen LogP contribution in [-0.2, 0) is 4.79 Å². The molecule has 0 saturated heterocycles. The summed E-state index contributed by atoms with van der Waals surface area (Å²) in [7, 11) is 3.28. The Bertz CT molecular complexity index is 618. The van der Waals surface area contributed by atoms with Crippen molar-refractivity contribution in [2.75, 3.05) is 14.1 Å². The van der Waals surface area contributed by atoms with Crippen molar-refractivity contribution >= 4 is 17.2 Å². The summed E-state index contributed by atoms with van der Waals surface area (Å²) in [4.78, 5) is 24.1. The van der Waals surface area contributed by atoms with Crippen molar-refractivity contribution < 1.29 is 14.5 Å². The van der Waals surface area contributed by atoms with Crippen LogP contribution in [0.15, 0.2) is 24.3 Å². The van der Waals surface area contributed by atoms with Crippen LogP contribution in [0.3, 0.4) is 0 Å². The van der Waals surface area contributed by atoms with Crippen LogP contribution in [0.25, 0.3) is 5.57 Å². The molecular weight excluding hydrogens is 260 g/mol. The van der Waals surface area contributed by atoms with Gasteiger partial charge in [-0.2, -0.15) is 0 Å². The summed E-state index contributed by atoms with van der Waals surface area (Å²) < 4.78 is 5.74. The number of likely N-dealkylation sites (N-methyl/N-ethyl adjacent to an activating group) is 1. The third-order valence-corrected chi connectivity index (χ3v) is 2.97. The van der Waals surface area contributed by atoms with Crippen LogP contribution in [0.4, 0.5) is 5.69 Å². The summed E-state index contributed by atoms with van der Waals surface area (Å²) in [6, 6.07) is 4.28. The van der Waals surface area contributed by atoms with Crippen LogP contribution in [0.1, 0.15) is 19.4 Å². The minimum atomic E-state index is -0.635. The Kier molecular flexibility index (Phi) is 3.25. The Morgan fingerprint density at radius 3 is 2.55 bits per heavy atom. The van der Waals surface area contributed by atoms with Crippen molar-refractivity contribution in [1.29, 1.82) is 0 Å². The molecule has 0 aliphatic carbocycles. The van der Waals surface area contributed by atoms with Gasteiger partial charge in [0, 0.05) is 31.8 Å². The predicted molar refractivity (Wildman–Crippen MR) is 74.5 cm³/mol. The molecule has 6 heteroatoms. The van der Waals surface area contributed by atoms with E-state index in [9.17, 15) is 14.9 Å². The van der Waals surface area contributed by atoms with Gasteiger partial charge in [-0.05, 0) is 26.0 Å². The average Bonchev–Trinajstić information content (AvgIpc) is 2.35. The zero-order chi connectivity index (χ0) is 15.1. The van der Waals surface area contributed by atoms with E-state index in [2.05, 4.69) is 0 Å². The largest absolute Gasteiger partial charge is 0.483 e. The van der Waals surface area contributed by atoms with Crippen molar-refractivity contribution in [1.82, 2.24) is 4.90 Å². The highest BCUT2D eigenvalue weighted by Gasteiger charge is 2.31. The first kappa shape index (κ1) is 14.0. The molecule has 2 rings (SSSR count). The Morgan fingerprint density at radius 1 is 1.35 bits per heavy atom. The second-order valence-corrected chi connectivity index (χ2v) is 5.40. The minimum absolute atomic E-state index is 0.0653. The third kappa shape index (κ3) is 2.49. The first-order valence-corrected chi connectivity index (χ1v) is 6.13. The molecule has 0 aromatic heterocycles. The van der Waals surface area contributed by atoms with Crippen molar-refractivity contribution in [3.63, 3.8) is 0 Å². The second-order valence-electron chi connectivity index (χ2n) is 5.40. The summed E-state index contributed by atoms with van der Waals surface area (Å²) in [6.07, 6.45) is 1.70. The highest BCUT2D eigenvalue weighted by molar-refractivity contribution is 6.20. The number of nitro groups is 1. The normalized spacial score (nSPS) is 15.7. The topological polar surface area (TPSA) is 72.7 Å². The van der Waals surface area contributed by atoms with E-state index < -0.39 is 10.5 Å². The van der Waals surface area contributed by atoms with Crippen molar-refractivity contribution in [3.8, 4) is 5.75 Å². The fraction of sp³-hybridized carbons (Fsp3) is 0.357. The molecule has 1 amide bonds. The number of nitro benzene ring substituents is 1. The quantitative estimate of drug-likeness (QED) is 0.613. The monoisotopic (exact) mass is 276 g/mol. The molecule has 0 bridgehead atoms. The third-order valence-electron chi connectivity index (χ3n) is 2.97. The molecule has 1 aliphatic heterocycles. The molecule has 0 N–H and O–H groups in total. The van der Waals surface area contributed by atoms with Crippen LogP contribution in [0, 0.1) is 10.1 Å². The second kappa shape index (κ2) is 4.63. The van der Waals surface area contributed by atoms with E-state index in [-0.39, 0.29) is 11.6 Å². The van der Waals surface area contributed by atoms with Crippen LogP contribution >= 0.6 is 0 Å². The molecule has 20 heavy (non-hydrogen) atoms. The number of hydrogen-bond donors (Lipinski definition) is 0. The van der Waals surface area contributed by atoms with Gasteiger partial charge in [0.25, 0.3) is 11.6 Å². The lowest BCUT2D eigenvalue weighted by atomic mass is 9.93. The van der Waals surface area contributed by atoms with E-state index in [0.29, 0.717) is 16.9 Å². The van der Waals surface area contributed by atoms with Crippen LogP contribution in [0.2, 0.25) is 0 Å². The average molecular weight is 276 g/mol. The molecule has 1 heterocycles. The first-order chi connectivity index (χ1) is 9.21. The Hall–Kier alpha value is -2.37. The number of amides is 1. The summed E-state index contributed by atoms with van der Waals surface area (Å²) in [5.74, 6) is 0.274. The van der Waals surface area contributed by atoms with E-state index in [1.165, 1.54) is 23.1 Å². The molecule has 1 aliphatic rings. The zero-order valence-corrected chi connectivity index (χ0v) is 11.8. The van der Waals surface area contributed by atoms with E-state index >= 15 is 0 Å². The Labute approximate surface area is 116 Å². The van der Waals surface area contributed by atoms with E-state index in [1.54, 1.807) is 20.2 Å². The number of carbonyl (C=O) groups excluding carboxylic acids is 1. The molecule has 0 spiro atoms. The lowest BCUT2D eigenvalue weighted by Gasteiger charge is -2.31. The van der Waals surface area contributed by atoms with Crippen molar-refractivity contribution in [2.24, 2.45) is 0 Å². The molecule has 0 unspecified atom stereocenters. The van der Waals surface area contributed by atoms with Gasteiger partial charge < -0.3 is 9.64 Å². The van der Waals surface area contributed by atoms with Gasteiger partial charge in [0.05, 0.1) is 10.5 Å². The highest BCUT2D eigenvalue weighted by Crippen LogP contribution is 2.38. The van der Waals surface area contributed by atoms with Gasteiger partial charge in [-0.3, -0.25) is 14.9 Å². The van der Waals surface area contributed by atoms with Gasteiger partial charge in [-0.25, -0.2) is 0 Å². The van der Waals surface area contributed by atoms with Crippen molar-refractivity contribution in [3.05, 3.63) is 40.0 Å². The number of fused-ring (bicyclic) bond motifs is 1. The van der Waals surface area contributed by atoms with Gasteiger partial charge in [-0.15, -0.1) is 0 Å². The zero-order valence-electron chi connectivity index (χ0n) is 11.8. The van der Waals surface area contributed by atoms with E-state index in [4.69, 9.17) is 4.74 Å². The Morgan fingerprint density at radius 2 is 2.00 bits per heavy atom. The van der Waals surface area contributed by atoms with Crippen LogP contribution in [-0.4, -0.2) is 35.4 Å². The molecule has 0 radical (unpaired) electrons. The SMILES string of the molecule is CN(C)C(=O)C1=CC(C)(C)Oc2ccc([N+](=O)[O-])cc21. The minimum Gasteiger partial charge on any atom is -0.483 e. The maximum Gasteiger partial charge on any atom is 0.270 e. The summed E-state index contributed by atoms with van der Waals surface area (Å²) in [5.41, 5.74) is 0.177. The lowest BCUT2D eigenvalue weighted by molar-refractivity contribution is -0.384. The van der Waals surface area contributed by atoms with Gasteiger partial charge >= 0.3 is 0 Å².